The van der Waals surface area contributed by atoms with Gasteiger partial charge in [-0.15, -0.1) is 0 Å². The average molecular weight is 419 g/mol. The number of pyridine rings is 1. The van der Waals surface area contributed by atoms with E-state index in [4.69, 9.17) is 11.6 Å². The lowest BCUT2D eigenvalue weighted by molar-refractivity contribution is 0.145. The van der Waals surface area contributed by atoms with Gasteiger partial charge in [0.05, 0.1) is 5.69 Å². The largest absolute Gasteiger partial charge is 0.292 e. The molecule has 9 heteroatoms. The highest BCUT2D eigenvalue weighted by Crippen LogP contribution is 2.34. The lowest BCUT2D eigenvalue weighted by Gasteiger charge is -2.36. The quantitative estimate of drug-likeness (QED) is 0.460. The summed E-state index contributed by atoms with van der Waals surface area (Å²) < 4.78 is 28.3. The zero-order valence-electron chi connectivity index (χ0n) is 16.4. The number of aromatic nitrogens is 5. The van der Waals surface area contributed by atoms with Crippen molar-refractivity contribution in [3.8, 4) is 0 Å². The lowest BCUT2D eigenvalue weighted by Crippen LogP contribution is -2.36. The molecule has 2 atom stereocenters. The molecule has 0 saturated heterocycles. The van der Waals surface area contributed by atoms with Crippen LogP contribution in [-0.4, -0.2) is 42.6 Å². The molecule has 3 aromatic heterocycles. The van der Waals surface area contributed by atoms with Gasteiger partial charge in [0.15, 0.2) is 0 Å². The fourth-order valence-corrected chi connectivity index (χ4v) is 4.08. The van der Waals surface area contributed by atoms with Crippen molar-refractivity contribution in [3.05, 3.63) is 64.0 Å². The first kappa shape index (κ1) is 19.8. The summed E-state index contributed by atoms with van der Waals surface area (Å²) in [6.45, 7) is 7.46. The van der Waals surface area contributed by atoms with Gasteiger partial charge >= 0.3 is 0 Å². The van der Waals surface area contributed by atoms with E-state index < -0.39 is 6.43 Å². The highest BCUT2D eigenvalue weighted by atomic mass is 35.5. The zero-order valence-corrected chi connectivity index (χ0v) is 17.1. The van der Waals surface area contributed by atoms with Crippen LogP contribution in [0, 0.1) is 6.92 Å². The summed E-state index contributed by atoms with van der Waals surface area (Å²) in [5, 5.41) is 4.67. The van der Waals surface area contributed by atoms with Crippen LogP contribution in [0.25, 0.3) is 5.78 Å². The molecule has 3 aromatic rings. The second-order valence-electron chi connectivity index (χ2n) is 7.37. The van der Waals surface area contributed by atoms with Gasteiger partial charge in [0.1, 0.15) is 17.2 Å². The molecule has 4 rings (SSSR count). The molecule has 0 radical (unpaired) electrons. The van der Waals surface area contributed by atoms with E-state index in [0.717, 1.165) is 23.4 Å². The molecule has 0 saturated carbocycles. The predicted octanol–water partition coefficient (Wildman–Crippen LogP) is 4.53. The third kappa shape index (κ3) is 3.86. The first-order valence-corrected chi connectivity index (χ1v) is 9.74. The van der Waals surface area contributed by atoms with Gasteiger partial charge in [-0.25, -0.2) is 23.3 Å². The molecule has 0 bridgehead atoms. The van der Waals surface area contributed by atoms with Gasteiger partial charge in [-0.05, 0) is 44.5 Å². The van der Waals surface area contributed by atoms with Crippen LogP contribution < -0.4 is 0 Å². The third-order valence-electron chi connectivity index (χ3n) is 5.47. The van der Waals surface area contributed by atoms with Crippen molar-refractivity contribution in [3.63, 3.8) is 0 Å². The molecule has 6 nitrogen and oxygen atoms in total. The highest BCUT2D eigenvalue weighted by Gasteiger charge is 2.29. The van der Waals surface area contributed by atoms with Crippen LogP contribution in [0.1, 0.15) is 54.9 Å². The smallest absolute Gasteiger partial charge is 0.280 e. The highest BCUT2D eigenvalue weighted by molar-refractivity contribution is 6.29. The second kappa shape index (κ2) is 7.76. The minimum atomic E-state index is -2.67. The predicted molar refractivity (Wildman–Crippen MR) is 106 cm³/mol. The second-order valence-corrected chi connectivity index (χ2v) is 7.76. The number of alkyl halides is 2. The Hall–Kier alpha value is -2.45. The normalized spacial score (nSPS) is 19.0. The molecule has 152 valence electrons. The third-order valence-corrected chi connectivity index (χ3v) is 5.66. The molecule has 4 heterocycles. The van der Waals surface area contributed by atoms with E-state index in [9.17, 15) is 8.78 Å². The Balaban J connectivity index is 1.70. The standard InChI is InChI=1S/C20H21ClF2N6/c1-11-4-5-28(13(3)14-6-12(2)26-18(21)7-14)9-15(11)17-8-16(19(22)23)27-20-24-10-25-29(17)20/h4,6-8,10,13,15,19H,5,9H2,1-3H3/t13-,15-/m1/s1. The number of halogens is 3. The topological polar surface area (TPSA) is 59.2 Å². The zero-order chi connectivity index (χ0) is 20.7. The molecule has 0 aliphatic carbocycles. The average Bonchev–Trinajstić information content (AvgIpc) is 3.15. The summed E-state index contributed by atoms with van der Waals surface area (Å²) in [4.78, 5) is 14.5. The number of hydrogen-bond acceptors (Lipinski definition) is 5. The van der Waals surface area contributed by atoms with Crippen molar-refractivity contribution >= 4 is 17.4 Å². The Labute approximate surface area is 172 Å². The monoisotopic (exact) mass is 418 g/mol. The molecule has 0 fully saturated rings. The minimum Gasteiger partial charge on any atom is -0.292 e. The van der Waals surface area contributed by atoms with Gasteiger partial charge in [0, 0.05) is 30.7 Å². The van der Waals surface area contributed by atoms with Crippen LogP contribution in [0.4, 0.5) is 8.78 Å². The van der Waals surface area contributed by atoms with Gasteiger partial charge in [0.2, 0.25) is 0 Å². The van der Waals surface area contributed by atoms with E-state index in [0.29, 0.717) is 17.4 Å². The SMILES string of the molecule is CC1=CCN([C@H](C)c2cc(C)nc(Cl)c2)C[C@H]1c1cc(C(F)F)nc2ncnn12. The Morgan fingerprint density at radius 1 is 1.17 bits per heavy atom. The van der Waals surface area contributed by atoms with Gasteiger partial charge in [-0.2, -0.15) is 10.1 Å². The molecular formula is C20H21ClF2N6. The van der Waals surface area contributed by atoms with Gasteiger partial charge in [0.25, 0.3) is 12.2 Å². The van der Waals surface area contributed by atoms with Crippen molar-refractivity contribution in [1.29, 1.82) is 0 Å². The summed E-state index contributed by atoms with van der Waals surface area (Å²) in [6, 6.07) is 5.42. The van der Waals surface area contributed by atoms with Crippen molar-refractivity contribution < 1.29 is 8.78 Å². The van der Waals surface area contributed by atoms with E-state index in [-0.39, 0.29) is 23.4 Å². The Bertz CT molecular complexity index is 1060. The molecule has 0 unspecified atom stereocenters. The molecule has 0 aromatic carbocycles. The van der Waals surface area contributed by atoms with Crippen molar-refractivity contribution in [1.82, 2.24) is 29.5 Å². The van der Waals surface area contributed by atoms with Crippen molar-refractivity contribution in [2.24, 2.45) is 0 Å². The molecule has 0 amide bonds. The number of rotatable bonds is 4. The molecule has 1 aliphatic rings. The van der Waals surface area contributed by atoms with Crippen LogP contribution in [0.2, 0.25) is 5.15 Å². The van der Waals surface area contributed by atoms with Crippen molar-refractivity contribution in [2.75, 3.05) is 13.1 Å². The van der Waals surface area contributed by atoms with Crippen LogP contribution >= 0.6 is 11.6 Å². The molecule has 29 heavy (non-hydrogen) atoms. The summed E-state index contributed by atoms with van der Waals surface area (Å²) in [7, 11) is 0. The van der Waals surface area contributed by atoms with Crippen LogP contribution in [0.5, 0.6) is 0 Å². The first-order valence-electron chi connectivity index (χ1n) is 9.37. The van der Waals surface area contributed by atoms with E-state index >= 15 is 0 Å². The maximum atomic E-state index is 13.4. The summed E-state index contributed by atoms with van der Waals surface area (Å²) in [5.41, 5.74) is 3.43. The molecular weight excluding hydrogens is 398 g/mol. The number of fused-ring (bicyclic) bond motifs is 1. The van der Waals surface area contributed by atoms with Gasteiger partial charge < -0.3 is 0 Å². The van der Waals surface area contributed by atoms with Crippen molar-refractivity contribution in [2.45, 2.75) is 39.2 Å². The fourth-order valence-electron chi connectivity index (χ4n) is 3.82. The number of aryl methyl sites for hydroxylation is 1. The van der Waals surface area contributed by atoms with E-state index in [1.54, 1.807) is 4.52 Å². The van der Waals surface area contributed by atoms with Crippen LogP contribution in [0.15, 0.2) is 36.2 Å². The first-order chi connectivity index (χ1) is 13.8. The molecule has 1 aliphatic heterocycles. The van der Waals surface area contributed by atoms with E-state index in [1.165, 1.54) is 12.4 Å². The molecule has 0 N–H and O–H groups in total. The molecule has 0 spiro atoms. The van der Waals surface area contributed by atoms with Crippen LogP contribution in [-0.2, 0) is 0 Å². The van der Waals surface area contributed by atoms with Crippen LogP contribution in [0.3, 0.4) is 0 Å². The maximum Gasteiger partial charge on any atom is 0.280 e. The lowest BCUT2D eigenvalue weighted by atomic mass is 9.90. The Kier molecular flexibility index (Phi) is 5.31. The van der Waals surface area contributed by atoms with E-state index in [1.807, 2.05) is 26.0 Å². The Morgan fingerprint density at radius 3 is 2.69 bits per heavy atom. The summed E-state index contributed by atoms with van der Waals surface area (Å²) >= 11 is 6.14. The number of nitrogens with zero attached hydrogens (tertiary/aromatic N) is 6. The Morgan fingerprint density at radius 2 is 1.97 bits per heavy atom. The van der Waals surface area contributed by atoms with E-state index in [2.05, 4.69) is 38.0 Å². The van der Waals surface area contributed by atoms with Gasteiger partial charge in [-0.1, -0.05) is 23.3 Å². The van der Waals surface area contributed by atoms with Gasteiger partial charge in [-0.3, -0.25) is 4.90 Å². The minimum absolute atomic E-state index is 0.0868. The number of hydrogen-bond donors (Lipinski definition) is 0. The summed E-state index contributed by atoms with van der Waals surface area (Å²) in [6.07, 6.45) is 0.803. The fraction of sp³-hybridized carbons (Fsp3) is 0.400. The summed E-state index contributed by atoms with van der Waals surface area (Å²) in [5.74, 6) is 0.0848. The maximum absolute atomic E-state index is 13.4.